The molecular formula is C18H22N4O. The van der Waals surface area contributed by atoms with Crippen molar-refractivity contribution in [2.75, 3.05) is 13.1 Å². The topological polar surface area (TPSA) is 50.2 Å². The summed E-state index contributed by atoms with van der Waals surface area (Å²) in [4.78, 5) is 15.3. The fourth-order valence-corrected chi connectivity index (χ4v) is 3.39. The first-order chi connectivity index (χ1) is 11.3. The lowest BCUT2D eigenvalue weighted by Crippen LogP contribution is -2.45. The second-order valence-corrected chi connectivity index (χ2v) is 6.48. The Bertz CT molecular complexity index is 670. The summed E-state index contributed by atoms with van der Waals surface area (Å²) in [5.74, 6) is 0.000900. The molecule has 1 saturated carbocycles. The van der Waals surface area contributed by atoms with Crippen molar-refractivity contribution >= 4 is 5.91 Å². The van der Waals surface area contributed by atoms with E-state index in [0.29, 0.717) is 5.56 Å². The van der Waals surface area contributed by atoms with Gasteiger partial charge >= 0.3 is 0 Å². The lowest BCUT2D eigenvalue weighted by atomic mass is 10.0. The van der Waals surface area contributed by atoms with Gasteiger partial charge in [-0.1, -0.05) is 12.1 Å². The van der Waals surface area contributed by atoms with Gasteiger partial charge in [0, 0.05) is 37.6 Å². The number of amides is 1. The van der Waals surface area contributed by atoms with Gasteiger partial charge in [0.2, 0.25) is 0 Å². The van der Waals surface area contributed by atoms with Crippen LogP contribution in [0, 0.1) is 0 Å². The Kier molecular flexibility index (Phi) is 3.87. The first kappa shape index (κ1) is 14.5. The quantitative estimate of drug-likeness (QED) is 0.942. The molecule has 2 aliphatic rings. The molecule has 5 heteroatoms. The average molecular weight is 310 g/mol. The van der Waals surface area contributed by atoms with Gasteiger partial charge in [-0.15, -0.1) is 0 Å². The fourth-order valence-electron chi connectivity index (χ4n) is 3.39. The minimum atomic E-state index is 0.000900. The van der Waals surface area contributed by atoms with E-state index in [9.17, 15) is 4.79 Å². The number of piperidine rings is 1. The zero-order chi connectivity index (χ0) is 15.6. The predicted molar refractivity (Wildman–Crippen MR) is 88.6 cm³/mol. The van der Waals surface area contributed by atoms with Gasteiger partial charge in [-0.2, -0.15) is 5.10 Å². The molecule has 1 N–H and O–H groups in total. The van der Waals surface area contributed by atoms with Crippen LogP contribution >= 0.6 is 0 Å². The smallest absolute Gasteiger partial charge is 0.253 e. The number of nitrogens with zero attached hydrogens (tertiary/aromatic N) is 3. The summed E-state index contributed by atoms with van der Waals surface area (Å²) in [7, 11) is 0. The minimum Gasteiger partial charge on any atom is -0.349 e. The summed E-state index contributed by atoms with van der Waals surface area (Å²) in [6.45, 7) is 2.22. The van der Waals surface area contributed by atoms with E-state index < -0.39 is 0 Å². The predicted octanol–water partition coefficient (Wildman–Crippen LogP) is 2.23. The van der Waals surface area contributed by atoms with Gasteiger partial charge < -0.3 is 10.2 Å². The van der Waals surface area contributed by atoms with Crippen molar-refractivity contribution < 1.29 is 4.79 Å². The van der Waals surface area contributed by atoms with E-state index >= 15 is 0 Å². The van der Waals surface area contributed by atoms with Crippen LogP contribution in [-0.2, 0) is 0 Å². The standard InChI is InChI=1S/C18H22N4O/c23-18(20-14-8-12-21(13-9-14)15-6-7-15)16-4-1-2-5-17(16)22-11-3-10-19-22/h1-5,10-11,14-15H,6-9,12-13H2,(H,20,23). The van der Waals surface area contributed by atoms with Crippen molar-refractivity contribution in [1.82, 2.24) is 20.0 Å². The van der Waals surface area contributed by atoms with Crippen LogP contribution in [0.5, 0.6) is 0 Å². The Hall–Kier alpha value is -2.14. The van der Waals surface area contributed by atoms with Gasteiger partial charge in [0.05, 0.1) is 11.3 Å². The van der Waals surface area contributed by atoms with Crippen molar-refractivity contribution in [1.29, 1.82) is 0 Å². The van der Waals surface area contributed by atoms with Crippen LogP contribution in [-0.4, -0.2) is 45.8 Å². The molecule has 0 atom stereocenters. The maximum Gasteiger partial charge on any atom is 0.253 e. The van der Waals surface area contributed by atoms with E-state index in [4.69, 9.17) is 0 Å². The van der Waals surface area contributed by atoms with Crippen LogP contribution in [0.4, 0.5) is 0 Å². The van der Waals surface area contributed by atoms with Crippen molar-refractivity contribution in [3.05, 3.63) is 48.3 Å². The second kappa shape index (κ2) is 6.16. The molecule has 23 heavy (non-hydrogen) atoms. The summed E-state index contributed by atoms with van der Waals surface area (Å²) >= 11 is 0. The molecule has 1 saturated heterocycles. The Morgan fingerprint density at radius 3 is 2.57 bits per heavy atom. The van der Waals surface area contributed by atoms with Crippen molar-refractivity contribution in [3.63, 3.8) is 0 Å². The first-order valence-electron chi connectivity index (χ1n) is 8.45. The summed E-state index contributed by atoms with van der Waals surface area (Å²) in [5.41, 5.74) is 1.51. The molecule has 0 unspecified atom stereocenters. The summed E-state index contributed by atoms with van der Waals surface area (Å²) in [6, 6.07) is 10.6. The van der Waals surface area contributed by atoms with Crippen LogP contribution in [0.15, 0.2) is 42.7 Å². The van der Waals surface area contributed by atoms with Gasteiger partial charge in [-0.05, 0) is 43.9 Å². The third-order valence-corrected chi connectivity index (χ3v) is 4.83. The molecule has 0 spiro atoms. The third-order valence-electron chi connectivity index (χ3n) is 4.83. The lowest BCUT2D eigenvalue weighted by molar-refractivity contribution is 0.0909. The zero-order valence-corrected chi connectivity index (χ0v) is 13.2. The molecule has 1 aliphatic heterocycles. The van der Waals surface area contributed by atoms with Crippen LogP contribution in [0.1, 0.15) is 36.0 Å². The van der Waals surface area contributed by atoms with Gasteiger partial charge in [0.25, 0.3) is 5.91 Å². The van der Waals surface area contributed by atoms with Crippen LogP contribution in [0.2, 0.25) is 0 Å². The molecule has 1 amide bonds. The van der Waals surface area contributed by atoms with Gasteiger partial charge in [-0.3, -0.25) is 4.79 Å². The van der Waals surface area contributed by atoms with Crippen molar-refractivity contribution in [2.45, 2.75) is 37.8 Å². The van der Waals surface area contributed by atoms with Gasteiger partial charge in [0.15, 0.2) is 0 Å². The van der Waals surface area contributed by atoms with Gasteiger partial charge in [-0.25, -0.2) is 4.68 Å². The molecule has 2 fully saturated rings. The summed E-state index contributed by atoms with van der Waals surface area (Å²) in [5, 5.41) is 7.45. The van der Waals surface area contributed by atoms with Crippen LogP contribution in [0.25, 0.3) is 5.69 Å². The van der Waals surface area contributed by atoms with E-state index in [-0.39, 0.29) is 11.9 Å². The van der Waals surface area contributed by atoms with E-state index in [1.165, 1.54) is 12.8 Å². The number of para-hydroxylation sites is 1. The van der Waals surface area contributed by atoms with Crippen LogP contribution in [0.3, 0.4) is 0 Å². The molecule has 5 nitrogen and oxygen atoms in total. The van der Waals surface area contributed by atoms with Crippen molar-refractivity contribution in [3.8, 4) is 5.69 Å². The van der Waals surface area contributed by atoms with E-state index in [2.05, 4.69) is 15.3 Å². The molecule has 1 aliphatic carbocycles. The Morgan fingerprint density at radius 1 is 1.09 bits per heavy atom. The number of carbonyl (C=O) groups is 1. The maximum absolute atomic E-state index is 12.7. The number of hydrogen-bond donors (Lipinski definition) is 1. The number of hydrogen-bond acceptors (Lipinski definition) is 3. The van der Waals surface area contributed by atoms with Gasteiger partial charge in [0.1, 0.15) is 0 Å². The molecule has 4 rings (SSSR count). The van der Waals surface area contributed by atoms with E-state index in [0.717, 1.165) is 37.7 Å². The molecule has 2 aromatic rings. The lowest BCUT2D eigenvalue weighted by Gasteiger charge is -2.32. The Morgan fingerprint density at radius 2 is 1.87 bits per heavy atom. The normalized spacial score (nSPS) is 19.7. The summed E-state index contributed by atoms with van der Waals surface area (Å²) < 4.78 is 1.74. The number of aromatic nitrogens is 2. The molecule has 1 aromatic carbocycles. The molecular weight excluding hydrogens is 288 g/mol. The fraction of sp³-hybridized carbons (Fsp3) is 0.444. The monoisotopic (exact) mass is 310 g/mol. The Labute approximate surface area is 136 Å². The SMILES string of the molecule is O=C(NC1CCN(C2CC2)CC1)c1ccccc1-n1cccn1. The highest BCUT2D eigenvalue weighted by atomic mass is 16.1. The second-order valence-electron chi connectivity index (χ2n) is 6.48. The highest BCUT2D eigenvalue weighted by molar-refractivity contribution is 5.97. The van der Waals surface area contributed by atoms with E-state index in [1.807, 2.05) is 36.5 Å². The highest BCUT2D eigenvalue weighted by Crippen LogP contribution is 2.29. The van der Waals surface area contributed by atoms with Crippen molar-refractivity contribution in [2.24, 2.45) is 0 Å². The minimum absolute atomic E-state index is 0.000900. The molecule has 120 valence electrons. The molecule has 1 aromatic heterocycles. The molecule has 2 heterocycles. The largest absolute Gasteiger partial charge is 0.349 e. The molecule has 0 radical (unpaired) electrons. The number of nitrogens with one attached hydrogen (secondary N) is 1. The summed E-state index contributed by atoms with van der Waals surface area (Å²) in [6.07, 6.45) is 8.39. The average Bonchev–Trinajstić information content (AvgIpc) is 3.30. The van der Waals surface area contributed by atoms with Crippen LogP contribution < -0.4 is 5.32 Å². The molecule has 0 bridgehead atoms. The number of likely N-dealkylation sites (tertiary alicyclic amines) is 1. The first-order valence-corrected chi connectivity index (χ1v) is 8.45. The number of carbonyl (C=O) groups excluding carboxylic acids is 1. The number of benzene rings is 1. The van der Waals surface area contributed by atoms with E-state index in [1.54, 1.807) is 10.9 Å². The zero-order valence-electron chi connectivity index (χ0n) is 13.2. The Balaban J connectivity index is 1.43. The number of rotatable bonds is 4. The third kappa shape index (κ3) is 3.15. The highest BCUT2D eigenvalue weighted by Gasteiger charge is 2.32. The maximum atomic E-state index is 12.7.